The summed E-state index contributed by atoms with van der Waals surface area (Å²) in [6, 6.07) is 7.64. The Kier molecular flexibility index (Phi) is 6.63. The molecule has 0 saturated heterocycles. The number of carbonyl (C=O) groups excluding carboxylic acids is 3. The summed E-state index contributed by atoms with van der Waals surface area (Å²) in [4.78, 5) is 37.5. The molecule has 2 aromatic rings. The molecule has 0 radical (unpaired) electrons. The Bertz CT molecular complexity index is 1020. The van der Waals surface area contributed by atoms with Gasteiger partial charge < -0.3 is 15.4 Å². The first-order valence-electron chi connectivity index (χ1n) is 8.43. The highest BCUT2D eigenvalue weighted by Gasteiger charge is 2.25. The summed E-state index contributed by atoms with van der Waals surface area (Å²) < 4.78 is 5.23. The van der Waals surface area contributed by atoms with Crippen molar-refractivity contribution in [1.29, 1.82) is 0 Å². The maximum atomic E-state index is 12.4. The molecule has 1 heterocycles. The van der Waals surface area contributed by atoms with Crippen LogP contribution in [0.3, 0.4) is 0 Å². The van der Waals surface area contributed by atoms with Gasteiger partial charge in [0.15, 0.2) is 6.10 Å². The number of hydrogen-bond acceptors (Lipinski definition) is 5. The number of nitrogens with one attached hydrogen (secondary N) is 2. The van der Waals surface area contributed by atoms with Gasteiger partial charge in [0.05, 0.1) is 37.3 Å². The molecular formula is C19H15Cl3N2O4S. The van der Waals surface area contributed by atoms with Crippen molar-refractivity contribution in [2.45, 2.75) is 30.1 Å². The van der Waals surface area contributed by atoms with Crippen LogP contribution in [-0.4, -0.2) is 29.1 Å². The number of fused-ring (bicyclic) bond motifs is 1. The van der Waals surface area contributed by atoms with E-state index in [2.05, 4.69) is 10.6 Å². The lowest BCUT2D eigenvalue weighted by Crippen LogP contribution is -2.30. The van der Waals surface area contributed by atoms with Crippen molar-refractivity contribution < 1.29 is 19.1 Å². The summed E-state index contributed by atoms with van der Waals surface area (Å²) in [6.45, 7) is 3.22. The molecule has 2 atom stereocenters. The third kappa shape index (κ3) is 4.98. The zero-order valence-corrected chi connectivity index (χ0v) is 18.3. The zero-order valence-electron chi connectivity index (χ0n) is 15.2. The summed E-state index contributed by atoms with van der Waals surface area (Å²) in [5, 5.41) is 5.75. The van der Waals surface area contributed by atoms with Crippen LogP contribution in [0.25, 0.3) is 0 Å². The van der Waals surface area contributed by atoms with Gasteiger partial charge in [-0.05, 0) is 44.2 Å². The van der Waals surface area contributed by atoms with Crippen LogP contribution in [0.1, 0.15) is 24.2 Å². The fraction of sp³-hybridized carbons (Fsp3) is 0.211. The Labute approximate surface area is 186 Å². The van der Waals surface area contributed by atoms with E-state index in [-0.39, 0.29) is 37.5 Å². The van der Waals surface area contributed by atoms with Crippen LogP contribution >= 0.6 is 46.6 Å². The van der Waals surface area contributed by atoms with Crippen molar-refractivity contribution in [1.82, 2.24) is 0 Å². The van der Waals surface area contributed by atoms with Crippen molar-refractivity contribution in [3.8, 4) is 0 Å². The molecule has 1 aliphatic heterocycles. The molecule has 0 saturated carbocycles. The van der Waals surface area contributed by atoms with Gasteiger partial charge >= 0.3 is 5.97 Å². The van der Waals surface area contributed by atoms with Gasteiger partial charge in [-0.25, -0.2) is 4.79 Å². The van der Waals surface area contributed by atoms with E-state index in [0.717, 1.165) is 4.90 Å². The van der Waals surface area contributed by atoms with E-state index in [1.807, 2.05) is 0 Å². The third-order valence-electron chi connectivity index (χ3n) is 4.07. The highest BCUT2D eigenvalue weighted by molar-refractivity contribution is 8.00. The van der Waals surface area contributed by atoms with E-state index in [0.29, 0.717) is 5.69 Å². The van der Waals surface area contributed by atoms with Gasteiger partial charge in [-0.15, -0.1) is 11.8 Å². The molecule has 0 aliphatic carbocycles. The maximum absolute atomic E-state index is 12.4. The second kappa shape index (κ2) is 8.83. The lowest BCUT2D eigenvalue weighted by Gasteiger charge is -2.22. The van der Waals surface area contributed by atoms with Crippen molar-refractivity contribution in [2.75, 3.05) is 10.6 Å². The topological polar surface area (TPSA) is 84.5 Å². The van der Waals surface area contributed by atoms with Gasteiger partial charge in [-0.1, -0.05) is 34.8 Å². The molecule has 3 rings (SSSR count). The molecular weight excluding hydrogens is 459 g/mol. The Morgan fingerprint density at radius 1 is 1.14 bits per heavy atom. The number of anilines is 2. The first-order chi connectivity index (χ1) is 13.7. The lowest BCUT2D eigenvalue weighted by atomic mass is 10.2. The maximum Gasteiger partial charge on any atom is 0.338 e. The van der Waals surface area contributed by atoms with Gasteiger partial charge in [0.2, 0.25) is 5.91 Å². The number of thioether (sulfide) groups is 1. The Hall–Kier alpha value is -1.93. The van der Waals surface area contributed by atoms with Crippen LogP contribution in [0.2, 0.25) is 15.1 Å². The number of halogens is 3. The number of benzene rings is 2. The summed E-state index contributed by atoms with van der Waals surface area (Å²) >= 11 is 19.2. The SMILES string of the molecule is CC(OC(=O)c1ccc2c(c1)NC(=O)C(C)S2)C(=O)Nc1cc(Cl)c(Cl)cc1Cl. The molecule has 0 fully saturated rings. The van der Waals surface area contributed by atoms with Gasteiger partial charge in [0.25, 0.3) is 5.91 Å². The van der Waals surface area contributed by atoms with E-state index < -0.39 is 18.0 Å². The van der Waals surface area contributed by atoms with E-state index in [1.165, 1.54) is 36.9 Å². The van der Waals surface area contributed by atoms with E-state index >= 15 is 0 Å². The molecule has 152 valence electrons. The molecule has 0 spiro atoms. The molecule has 2 amide bonds. The van der Waals surface area contributed by atoms with Gasteiger partial charge in [-0.2, -0.15) is 0 Å². The second-order valence-electron chi connectivity index (χ2n) is 6.24. The van der Waals surface area contributed by atoms with Crippen LogP contribution in [-0.2, 0) is 14.3 Å². The quantitative estimate of drug-likeness (QED) is 0.467. The van der Waals surface area contributed by atoms with Crippen LogP contribution in [0.15, 0.2) is 35.2 Å². The summed E-state index contributed by atoms with van der Waals surface area (Å²) in [5.41, 5.74) is 0.996. The standard InChI is InChI=1S/C19H15Cl3N2O4S/c1-8(17(25)23-14-7-12(21)11(20)6-13(14)22)28-19(27)10-3-4-16-15(5-10)24-18(26)9(2)29-16/h3-9H,1-2H3,(H,23,25)(H,24,26). The Balaban J connectivity index is 1.67. The number of ether oxygens (including phenoxy) is 1. The van der Waals surface area contributed by atoms with Crippen LogP contribution in [0, 0.1) is 0 Å². The Morgan fingerprint density at radius 3 is 2.55 bits per heavy atom. The number of amides is 2. The molecule has 2 aromatic carbocycles. The Morgan fingerprint density at radius 2 is 1.83 bits per heavy atom. The summed E-state index contributed by atoms with van der Waals surface area (Å²) in [6.07, 6.45) is -1.10. The minimum absolute atomic E-state index is 0.140. The molecule has 6 nitrogen and oxygen atoms in total. The second-order valence-corrected chi connectivity index (χ2v) is 8.85. The van der Waals surface area contributed by atoms with E-state index in [9.17, 15) is 14.4 Å². The fourth-order valence-electron chi connectivity index (χ4n) is 2.47. The van der Waals surface area contributed by atoms with E-state index in [4.69, 9.17) is 39.5 Å². The van der Waals surface area contributed by atoms with Crippen molar-refractivity contribution in [3.63, 3.8) is 0 Å². The van der Waals surface area contributed by atoms with E-state index in [1.54, 1.807) is 19.1 Å². The van der Waals surface area contributed by atoms with Crippen molar-refractivity contribution in [3.05, 3.63) is 51.0 Å². The highest BCUT2D eigenvalue weighted by Crippen LogP contribution is 2.36. The molecule has 2 unspecified atom stereocenters. The number of hydrogen-bond donors (Lipinski definition) is 2. The molecule has 0 bridgehead atoms. The number of carbonyl (C=O) groups is 3. The van der Waals surface area contributed by atoms with Gasteiger partial charge in [0.1, 0.15) is 0 Å². The van der Waals surface area contributed by atoms with Gasteiger partial charge in [-0.3, -0.25) is 9.59 Å². The molecule has 1 aliphatic rings. The minimum Gasteiger partial charge on any atom is -0.449 e. The number of rotatable bonds is 4. The zero-order chi connectivity index (χ0) is 21.3. The minimum atomic E-state index is -1.10. The van der Waals surface area contributed by atoms with Crippen molar-refractivity contribution >= 4 is 75.7 Å². The molecule has 2 N–H and O–H groups in total. The molecule has 10 heteroatoms. The predicted molar refractivity (Wildman–Crippen MR) is 115 cm³/mol. The molecule has 0 aromatic heterocycles. The third-order valence-corrected chi connectivity index (χ3v) is 6.28. The average molecular weight is 474 g/mol. The molecule has 29 heavy (non-hydrogen) atoms. The predicted octanol–water partition coefficient (Wildman–Crippen LogP) is 5.26. The smallest absolute Gasteiger partial charge is 0.338 e. The average Bonchev–Trinajstić information content (AvgIpc) is 2.66. The fourth-order valence-corrected chi connectivity index (χ4v) is 4.00. The monoisotopic (exact) mass is 472 g/mol. The summed E-state index contributed by atoms with van der Waals surface area (Å²) in [7, 11) is 0. The normalized spacial score (nSPS) is 16.4. The van der Waals surface area contributed by atoms with Crippen LogP contribution in [0.4, 0.5) is 11.4 Å². The first-order valence-corrected chi connectivity index (χ1v) is 10.4. The number of esters is 1. The van der Waals surface area contributed by atoms with Gasteiger partial charge in [0, 0.05) is 4.90 Å². The largest absolute Gasteiger partial charge is 0.449 e. The van der Waals surface area contributed by atoms with Crippen LogP contribution in [0.5, 0.6) is 0 Å². The lowest BCUT2D eigenvalue weighted by molar-refractivity contribution is -0.123. The van der Waals surface area contributed by atoms with Crippen molar-refractivity contribution in [2.24, 2.45) is 0 Å². The highest BCUT2D eigenvalue weighted by atomic mass is 35.5. The first kappa shape index (κ1) is 21.8. The van der Waals surface area contributed by atoms with Crippen LogP contribution < -0.4 is 10.6 Å². The summed E-state index contributed by atoms with van der Waals surface area (Å²) in [5.74, 6) is -1.43.